The van der Waals surface area contributed by atoms with E-state index in [0.29, 0.717) is 0 Å². The molecule has 0 aliphatic carbocycles. The molecule has 3 aromatic carbocycles. The standard InChI is InChI=1S/C21H20O/c1-15(2)20(21(22)17-9-4-3-5-10-17)19-13-12-16-8-6-7-11-18(16)14-19/h3-15,20H,1-2H3. The fourth-order valence-corrected chi connectivity index (χ4v) is 3.02. The third-order valence-corrected chi connectivity index (χ3v) is 4.14. The third kappa shape index (κ3) is 2.80. The SMILES string of the molecule is CC(C)C(C(=O)c1ccccc1)c1ccc2ccccc2c1. The Morgan fingerprint density at radius 2 is 1.41 bits per heavy atom. The van der Waals surface area contributed by atoms with Crippen LogP contribution in [-0.4, -0.2) is 5.78 Å². The molecule has 0 N–H and O–H groups in total. The van der Waals surface area contributed by atoms with Crippen molar-refractivity contribution in [3.63, 3.8) is 0 Å². The molecule has 0 radical (unpaired) electrons. The molecule has 0 bridgehead atoms. The van der Waals surface area contributed by atoms with Gasteiger partial charge in [0, 0.05) is 11.5 Å². The van der Waals surface area contributed by atoms with E-state index in [1.165, 1.54) is 10.8 Å². The highest BCUT2D eigenvalue weighted by Gasteiger charge is 2.25. The van der Waals surface area contributed by atoms with Crippen molar-refractivity contribution in [2.75, 3.05) is 0 Å². The fourth-order valence-electron chi connectivity index (χ4n) is 3.02. The summed E-state index contributed by atoms with van der Waals surface area (Å²) in [6.45, 7) is 4.22. The van der Waals surface area contributed by atoms with Gasteiger partial charge in [0.15, 0.2) is 5.78 Å². The maximum absolute atomic E-state index is 12.9. The zero-order valence-corrected chi connectivity index (χ0v) is 13.0. The van der Waals surface area contributed by atoms with Gasteiger partial charge in [0.25, 0.3) is 0 Å². The summed E-state index contributed by atoms with van der Waals surface area (Å²) in [5.74, 6) is 0.353. The molecular weight excluding hydrogens is 268 g/mol. The zero-order valence-electron chi connectivity index (χ0n) is 13.0. The summed E-state index contributed by atoms with van der Waals surface area (Å²) in [5.41, 5.74) is 1.89. The number of hydrogen-bond donors (Lipinski definition) is 0. The average Bonchev–Trinajstić information content (AvgIpc) is 2.55. The van der Waals surface area contributed by atoms with Crippen LogP contribution in [0.3, 0.4) is 0 Å². The molecule has 0 spiro atoms. The number of benzene rings is 3. The number of carbonyl (C=O) groups excluding carboxylic acids is 1. The quantitative estimate of drug-likeness (QED) is 0.582. The van der Waals surface area contributed by atoms with Gasteiger partial charge in [-0.2, -0.15) is 0 Å². The van der Waals surface area contributed by atoms with Crippen LogP contribution in [-0.2, 0) is 0 Å². The Morgan fingerprint density at radius 3 is 2.09 bits per heavy atom. The van der Waals surface area contributed by atoms with E-state index in [2.05, 4.69) is 44.2 Å². The Labute approximate surface area is 131 Å². The molecule has 1 heteroatoms. The average molecular weight is 288 g/mol. The van der Waals surface area contributed by atoms with E-state index in [4.69, 9.17) is 0 Å². The van der Waals surface area contributed by atoms with Gasteiger partial charge in [-0.15, -0.1) is 0 Å². The van der Waals surface area contributed by atoms with E-state index in [0.717, 1.165) is 11.1 Å². The van der Waals surface area contributed by atoms with Gasteiger partial charge in [-0.3, -0.25) is 4.79 Å². The van der Waals surface area contributed by atoms with Gasteiger partial charge < -0.3 is 0 Å². The van der Waals surface area contributed by atoms with Gasteiger partial charge in [0.05, 0.1) is 0 Å². The van der Waals surface area contributed by atoms with Gasteiger partial charge in [0.1, 0.15) is 0 Å². The first-order valence-electron chi connectivity index (χ1n) is 7.75. The Morgan fingerprint density at radius 1 is 0.773 bits per heavy atom. The first-order valence-corrected chi connectivity index (χ1v) is 7.75. The normalized spacial score (nSPS) is 12.5. The summed E-state index contributed by atoms with van der Waals surface area (Å²) in [5, 5.41) is 2.40. The lowest BCUT2D eigenvalue weighted by Crippen LogP contribution is -2.18. The van der Waals surface area contributed by atoms with E-state index >= 15 is 0 Å². The smallest absolute Gasteiger partial charge is 0.170 e. The predicted octanol–water partition coefficient (Wildman–Crippen LogP) is 5.46. The summed E-state index contributed by atoms with van der Waals surface area (Å²) < 4.78 is 0. The highest BCUT2D eigenvalue weighted by atomic mass is 16.1. The summed E-state index contributed by atoms with van der Waals surface area (Å²) in [6.07, 6.45) is 0. The number of rotatable bonds is 4. The highest BCUT2D eigenvalue weighted by molar-refractivity contribution is 6.01. The first-order chi connectivity index (χ1) is 10.7. The molecule has 1 nitrogen and oxygen atoms in total. The monoisotopic (exact) mass is 288 g/mol. The second kappa shape index (κ2) is 6.15. The Hall–Kier alpha value is -2.41. The van der Waals surface area contributed by atoms with Gasteiger partial charge in [-0.05, 0) is 22.3 Å². The van der Waals surface area contributed by atoms with Crippen LogP contribution in [0.2, 0.25) is 0 Å². The first kappa shape index (κ1) is 14.5. The maximum atomic E-state index is 12.9. The lowest BCUT2D eigenvalue weighted by Gasteiger charge is -2.21. The molecule has 0 fully saturated rings. The van der Waals surface area contributed by atoms with Crippen LogP contribution >= 0.6 is 0 Å². The zero-order chi connectivity index (χ0) is 15.5. The highest BCUT2D eigenvalue weighted by Crippen LogP contribution is 2.30. The van der Waals surface area contributed by atoms with Gasteiger partial charge in [0.2, 0.25) is 0 Å². The van der Waals surface area contributed by atoms with Crippen molar-refractivity contribution in [2.24, 2.45) is 5.92 Å². The molecule has 3 aromatic rings. The van der Waals surface area contributed by atoms with Gasteiger partial charge >= 0.3 is 0 Å². The molecule has 0 aliphatic heterocycles. The van der Waals surface area contributed by atoms with Crippen LogP contribution in [0, 0.1) is 5.92 Å². The Balaban J connectivity index is 2.04. The van der Waals surface area contributed by atoms with Crippen molar-refractivity contribution >= 4 is 16.6 Å². The van der Waals surface area contributed by atoms with E-state index in [9.17, 15) is 4.79 Å². The number of hydrogen-bond acceptors (Lipinski definition) is 1. The van der Waals surface area contributed by atoms with E-state index in [1.807, 2.05) is 42.5 Å². The van der Waals surface area contributed by atoms with Gasteiger partial charge in [-0.25, -0.2) is 0 Å². The lowest BCUT2D eigenvalue weighted by atomic mass is 9.82. The van der Waals surface area contributed by atoms with Crippen molar-refractivity contribution in [1.29, 1.82) is 0 Å². The second-order valence-corrected chi connectivity index (χ2v) is 6.06. The molecule has 22 heavy (non-hydrogen) atoms. The molecule has 0 amide bonds. The van der Waals surface area contributed by atoms with Crippen LogP contribution in [0.5, 0.6) is 0 Å². The summed E-state index contributed by atoms with van der Waals surface area (Å²) >= 11 is 0. The Kier molecular flexibility index (Phi) is 4.06. The summed E-state index contributed by atoms with van der Waals surface area (Å²) in [6, 6.07) is 24.2. The van der Waals surface area contributed by atoms with Crippen LogP contribution in [0.1, 0.15) is 35.7 Å². The Bertz CT molecular complexity index is 787. The molecule has 0 saturated heterocycles. The number of carbonyl (C=O) groups is 1. The van der Waals surface area contributed by atoms with E-state index in [-0.39, 0.29) is 17.6 Å². The van der Waals surface area contributed by atoms with E-state index in [1.54, 1.807) is 0 Å². The molecule has 110 valence electrons. The van der Waals surface area contributed by atoms with Crippen molar-refractivity contribution in [1.82, 2.24) is 0 Å². The van der Waals surface area contributed by atoms with Crippen molar-refractivity contribution in [3.05, 3.63) is 83.9 Å². The van der Waals surface area contributed by atoms with Crippen LogP contribution in [0.4, 0.5) is 0 Å². The van der Waals surface area contributed by atoms with Crippen molar-refractivity contribution in [3.8, 4) is 0 Å². The molecule has 3 rings (SSSR count). The molecule has 1 unspecified atom stereocenters. The molecule has 0 aliphatic rings. The number of ketones is 1. The van der Waals surface area contributed by atoms with Crippen molar-refractivity contribution < 1.29 is 4.79 Å². The predicted molar refractivity (Wildman–Crippen MR) is 92.3 cm³/mol. The minimum absolute atomic E-state index is 0.105. The molecule has 0 heterocycles. The van der Waals surface area contributed by atoms with Crippen molar-refractivity contribution in [2.45, 2.75) is 19.8 Å². The van der Waals surface area contributed by atoms with Crippen LogP contribution in [0.15, 0.2) is 72.8 Å². The largest absolute Gasteiger partial charge is 0.293 e. The fraction of sp³-hybridized carbons (Fsp3) is 0.190. The lowest BCUT2D eigenvalue weighted by molar-refractivity contribution is 0.0938. The van der Waals surface area contributed by atoms with Gasteiger partial charge in [-0.1, -0.05) is 86.6 Å². The van der Waals surface area contributed by atoms with E-state index < -0.39 is 0 Å². The maximum Gasteiger partial charge on any atom is 0.170 e. The second-order valence-electron chi connectivity index (χ2n) is 6.06. The summed E-state index contributed by atoms with van der Waals surface area (Å²) in [4.78, 5) is 12.9. The molecular formula is C21H20O. The molecule has 0 saturated carbocycles. The molecule has 0 aromatic heterocycles. The number of Topliss-reactive ketones (excluding diaryl/α,β-unsaturated/α-hetero) is 1. The van der Waals surface area contributed by atoms with Crippen LogP contribution in [0.25, 0.3) is 10.8 Å². The minimum Gasteiger partial charge on any atom is -0.293 e. The number of fused-ring (bicyclic) bond motifs is 1. The summed E-state index contributed by atoms with van der Waals surface area (Å²) in [7, 11) is 0. The topological polar surface area (TPSA) is 17.1 Å². The molecule has 1 atom stereocenters. The minimum atomic E-state index is -0.105. The van der Waals surface area contributed by atoms with Crippen LogP contribution < -0.4 is 0 Å². The third-order valence-electron chi connectivity index (χ3n) is 4.14.